The van der Waals surface area contributed by atoms with Gasteiger partial charge in [-0.1, -0.05) is 30.3 Å². The minimum Gasteiger partial charge on any atom is -0.371 e. The molecule has 5 heteroatoms. The Balaban J connectivity index is 1.66. The summed E-state index contributed by atoms with van der Waals surface area (Å²) in [4.78, 5) is 18.2. The Morgan fingerprint density at radius 3 is 2.83 bits per heavy atom. The van der Waals surface area contributed by atoms with E-state index >= 15 is 0 Å². The Hall–Kier alpha value is -1.72. The molecule has 0 aliphatic carbocycles. The third-order valence-corrected chi connectivity index (χ3v) is 5.38. The minimum absolute atomic E-state index is 0.154. The molecule has 1 aliphatic heterocycles. The fourth-order valence-corrected chi connectivity index (χ4v) is 3.89. The Bertz CT molecular complexity index is 671. The second-order valence-electron chi connectivity index (χ2n) is 6.41. The van der Waals surface area contributed by atoms with Crippen molar-refractivity contribution in [2.75, 3.05) is 13.1 Å². The van der Waals surface area contributed by atoms with Gasteiger partial charge in [0, 0.05) is 31.3 Å². The molecular formula is C19H24N2O2S. The number of aromatic nitrogens is 1. The topological polar surface area (TPSA) is 42.4 Å². The second kappa shape index (κ2) is 7.90. The van der Waals surface area contributed by atoms with Gasteiger partial charge >= 0.3 is 0 Å². The molecule has 0 unspecified atom stereocenters. The predicted molar refractivity (Wildman–Crippen MR) is 95.9 cm³/mol. The van der Waals surface area contributed by atoms with E-state index < -0.39 is 0 Å². The van der Waals surface area contributed by atoms with Gasteiger partial charge in [0.15, 0.2) is 0 Å². The number of hydrogen-bond donors (Lipinski definition) is 0. The van der Waals surface area contributed by atoms with Crippen LogP contribution in [0, 0.1) is 12.8 Å². The number of rotatable bonds is 5. The lowest BCUT2D eigenvalue weighted by Gasteiger charge is -2.38. The van der Waals surface area contributed by atoms with Crippen molar-refractivity contribution in [1.29, 1.82) is 0 Å². The van der Waals surface area contributed by atoms with E-state index in [1.54, 1.807) is 18.3 Å². The van der Waals surface area contributed by atoms with Gasteiger partial charge < -0.3 is 9.64 Å². The van der Waals surface area contributed by atoms with E-state index in [1.807, 2.05) is 17.9 Å². The number of piperidine rings is 1. The number of carbonyl (C=O) groups excluding carboxylic acids is 1. The first kappa shape index (κ1) is 17.1. The van der Waals surface area contributed by atoms with Crippen LogP contribution in [-0.4, -0.2) is 35.0 Å². The first-order chi connectivity index (χ1) is 11.6. The van der Waals surface area contributed by atoms with E-state index in [-0.39, 0.29) is 12.0 Å². The van der Waals surface area contributed by atoms with Crippen molar-refractivity contribution < 1.29 is 9.53 Å². The molecule has 128 valence electrons. The fraction of sp³-hybridized carbons (Fsp3) is 0.474. The predicted octanol–water partition coefficient (Wildman–Crippen LogP) is 3.45. The molecule has 0 radical (unpaired) electrons. The number of ether oxygens (including phenoxy) is 1. The lowest BCUT2D eigenvalue weighted by Crippen LogP contribution is -2.46. The summed E-state index contributed by atoms with van der Waals surface area (Å²) in [5.41, 5.74) is 2.30. The molecule has 1 aromatic heterocycles. The summed E-state index contributed by atoms with van der Waals surface area (Å²) < 4.78 is 6.20. The van der Waals surface area contributed by atoms with Crippen molar-refractivity contribution in [2.45, 2.75) is 39.4 Å². The summed E-state index contributed by atoms with van der Waals surface area (Å²) in [5.74, 6) is 0.478. The molecule has 2 heterocycles. The van der Waals surface area contributed by atoms with Crippen molar-refractivity contribution in [1.82, 2.24) is 9.88 Å². The van der Waals surface area contributed by atoms with Crippen LogP contribution in [0.15, 0.2) is 35.7 Å². The molecule has 2 aromatic rings. The number of benzene rings is 1. The van der Waals surface area contributed by atoms with Crippen LogP contribution in [-0.2, 0) is 22.6 Å². The molecule has 1 saturated heterocycles. The van der Waals surface area contributed by atoms with Gasteiger partial charge in [-0.25, -0.2) is 4.98 Å². The van der Waals surface area contributed by atoms with E-state index in [4.69, 9.17) is 4.74 Å². The maximum Gasteiger partial charge on any atom is 0.219 e. The van der Waals surface area contributed by atoms with Gasteiger partial charge in [0.25, 0.3) is 0 Å². The molecule has 3 rings (SSSR count). The summed E-state index contributed by atoms with van der Waals surface area (Å²) in [5, 5.41) is 3.13. The first-order valence-corrected chi connectivity index (χ1v) is 9.32. The van der Waals surface area contributed by atoms with Gasteiger partial charge in [0.1, 0.15) is 0 Å². The van der Waals surface area contributed by atoms with Gasteiger partial charge in [-0.15, -0.1) is 11.3 Å². The zero-order valence-corrected chi connectivity index (χ0v) is 15.1. The molecule has 2 atom stereocenters. The molecule has 0 bridgehead atoms. The largest absolute Gasteiger partial charge is 0.371 e. The molecule has 1 amide bonds. The molecule has 24 heavy (non-hydrogen) atoms. The summed E-state index contributed by atoms with van der Waals surface area (Å²) >= 11 is 1.65. The van der Waals surface area contributed by atoms with Crippen LogP contribution in [0.2, 0.25) is 0 Å². The highest BCUT2D eigenvalue weighted by atomic mass is 32.1. The van der Waals surface area contributed by atoms with Crippen molar-refractivity contribution in [3.8, 4) is 0 Å². The summed E-state index contributed by atoms with van der Waals surface area (Å²) in [6.45, 7) is 5.77. The normalized spacial score (nSPS) is 21.0. The molecule has 4 nitrogen and oxygen atoms in total. The van der Waals surface area contributed by atoms with Crippen molar-refractivity contribution in [2.24, 2.45) is 5.92 Å². The van der Waals surface area contributed by atoms with E-state index in [2.05, 4.69) is 34.6 Å². The molecule has 0 N–H and O–H groups in total. The van der Waals surface area contributed by atoms with Crippen molar-refractivity contribution >= 4 is 17.2 Å². The van der Waals surface area contributed by atoms with Gasteiger partial charge in [-0.05, 0) is 25.3 Å². The minimum atomic E-state index is 0.154. The van der Waals surface area contributed by atoms with Crippen molar-refractivity contribution in [3.05, 3.63) is 52.0 Å². The van der Waals surface area contributed by atoms with E-state index in [1.165, 1.54) is 5.56 Å². The second-order valence-corrected chi connectivity index (χ2v) is 7.47. The van der Waals surface area contributed by atoms with Crippen LogP contribution < -0.4 is 0 Å². The van der Waals surface area contributed by atoms with E-state index in [0.29, 0.717) is 12.5 Å². The zero-order valence-electron chi connectivity index (χ0n) is 14.3. The third-order valence-electron chi connectivity index (χ3n) is 4.56. The first-order valence-electron chi connectivity index (χ1n) is 8.44. The Labute approximate surface area is 147 Å². The van der Waals surface area contributed by atoms with Gasteiger partial charge in [0.2, 0.25) is 5.91 Å². The Morgan fingerprint density at radius 1 is 1.38 bits per heavy atom. The highest BCUT2D eigenvalue weighted by Gasteiger charge is 2.31. The molecule has 0 saturated carbocycles. The standard InChI is InChI=1S/C19H24N2O2S/c1-14-20-18(13-24-14)12-23-19-8-9-21(15(2)22)11-17(19)10-16-6-4-3-5-7-16/h3-7,13,17,19H,8-12H2,1-2H3/t17-,19-/m1/s1. The van der Waals surface area contributed by atoms with Crippen LogP contribution in [0.5, 0.6) is 0 Å². The van der Waals surface area contributed by atoms with Crippen molar-refractivity contribution in [3.63, 3.8) is 0 Å². The highest BCUT2D eigenvalue weighted by Crippen LogP contribution is 2.25. The lowest BCUT2D eigenvalue weighted by atomic mass is 9.88. The molecule has 1 fully saturated rings. The maximum atomic E-state index is 11.8. The number of hydrogen-bond acceptors (Lipinski definition) is 4. The smallest absolute Gasteiger partial charge is 0.219 e. The van der Waals surface area contributed by atoms with Gasteiger partial charge in [-0.2, -0.15) is 0 Å². The number of likely N-dealkylation sites (tertiary alicyclic amines) is 1. The number of nitrogens with zero attached hydrogens (tertiary/aromatic N) is 2. The Kier molecular flexibility index (Phi) is 5.63. The highest BCUT2D eigenvalue weighted by molar-refractivity contribution is 7.09. The summed E-state index contributed by atoms with van der Waals surface area (Å²) in [7, 11) is 0. The number of amides is 1. The van der Waals surface area contributed by atoms with Crippen LogP contribution in [0.3, 0.4) is 0 Å². The molecule has 0 spiro atoms. The number of thiazole rings is 1. The zero-order chi connectivity index (χ0) is 16.9. The fourth-order valence-electron chi connectivity index (χ4n) is 3.30. The van der Waals surface area contributed by atoms with Gasteiger partial charge in [-0.3, -0.25) is 4.79 Å². The molecular weight excluding hydrogens is 320 g/mol. The number of aryl methyl sites for hydroxylation is 1. The summed E-state index contributed by atoms with van der Waals surface area (Å²) in [6, 6.07) is 10.5. The average molecular weight is 344 g/mol. The van der Waals surface area contributed by atoms with E-state index in [0.717, 1.165) is 36.6 Å². The monoisotopic (exact) mass is 344 g/mol. The number of carbonyl (C=O) groups is 1. The van der Waals surface area contributed by atoms with E-state index in [9.17, 15) is 4.79 Å². The molecule has 1 aliphatic rings. The summed E-state index contributed by atoms with van der Waals surface area (Å²) in [6.07, 6.45) is 1.99. The lowest BCUT2D eigenvalue weighted by molar-refractivity contribution is -0.134. The quantitative estimate of drug-likeness (QED) is 0.834. The van der Waals surface area contributed by atoms with Crippen LogP contribution in [0.25, 0.3) is 0 Å². The maximum absolute atomic E-state index is 11.8. The van der Waals surface area contributed by atoms with Crippen LogP contribution in [0.1, 0.15) is 29.6 Å². The average Bonchev–Trinajstić information content (AvgIpc) is 3.00. The van der Waals surface area contributed by atoms with Crippen LogP contribution in [0.4, 0.5) is 0 Å². The SMILES string of the molecule is CC(=O)N1CC[C@@H](OCc2csc(C)n2)[C@H](Cc2ccccc2)C1. The molecule has 1 aromatic carbocycles. The van der Waals surface area contributed by atoms with Gasteiger partial charge in [0.05, 0.1) is 23.4 Å². The Morgan fingerprint density at radius 2 is 2.17 bits per heavy atom. The third kappa shape index (κ3) is 4.42. The van der Waals surface area contributed by atoms with Crippen LogP contribution >= 0.6 is 11.3 Å².